The normalized spacial score (nSPS) is 23.3. The Hall–Kier alpha value is -2.70. The summed E-state index contributed by atoms with van der Waals surface area (Å²) < 4.78 is 5.86. The molecule has 294 valence electrons. The third kappa shape index (κ3) is 10.4. The Bertz CT molecular complexity index is 1730. The van der Waals surface area contributed by atoms with Gasteiger partial charge in [-0.05, 0) is 136 Å². The fourth-order valence-electron chi connectivity index (χ4n) is 10.2. The van der Waals surface area contributed by atoms with Crippen molar-refractivity contribution in [1.29, 1.82) is 0 Å². The summed E-state index contributed by atoms with van der Waals surface area (Å²) in [7, 11) is 1.85. The van der Waals surface area contributed by atoms with Crippen molar-refractivity contribution >= 4 is 23.2 Å². The van der Waals surface area contributed by atoms with Crippen molar-refractivity contribution in [2.24, 2.45) is 11.8 Å². The van der Waals surface area contributed by atoms with Gasteiger partial charge in [0.25, 0.3) is 0 Å². The minimum absolute atomic E-state index is 0.208. The minimum atomic E-state index is -0.343. The molecule has 0 amide bonds. The van der Waals surface area contributed by atoms with Crippen LogP contribution in [-0.2, 0) is 15.6 Å². The van der Waals surface area contributed by atoms with Crippen molar-refractivity contribution < 1.29 is 9.84 Å². The maximum Gasteiger partial charge on any atom is 0.0824 e. The summed E-state index contributed by atoms with van der Waals surface area (Å²) in [6.07, 6.45) is 14.8. The number of rotatable bonds is 13. The molecule has 2 heterocycles. The van der Waals surface area contributed by atoms with Crippen molar-refractivity contribution in [3.63, 3.8) is 0 Å². The van der Waals surface area contributed by atoms with Gasteiger partial charge in [-0.15, -0.1) is 0 Å². The summed E-state index contributed by atoms with van der Waals surface area (Å²) in [5, 5.41) is 12.3. The summed E-state index contributed by atoms with van der Waals surface area (Å²) in [5.41, 5.74) is 5.93. The summed E-state index contributed by atoms with van der Waals surface area (Å²) in [4.78, 5) is 5.37. The monoisotopic (exact) mass is 780 g/mol. The highest BCUT2D eigenvalue weighted by Crippen LogP contribution is 2.46. The number of nitrogens with zero attached hydrogens (tertiary/aromatic N) is 2. The van der Waals surface area contributed by atoms with Crippen LogP contribution in [0.1, 0.15) is 112 Å². The van der Waals surface area contributed by atoms with Crippen LogP contribution in [0.4, 0.5) is 0 Å². The molecule has 4 nitrogen and oxygen atoms in total. The molecule has 0 spiro atoms. The Kier molecular flexibility index (Phi) is 14.1. The third-order valence-electron chi connectivity index (χ3n) is 13.5. The highest BCUT2D eigenvalue weighted by molar-refractivity contribution is 6.30. The van der Waals surface area contributed by atoms with E-state index in [9.17, 15) is 5.11 Å². The smallest absolute Gasteiger partial charge is 0.0824 e. The van der Waals surface area contributed by atoms with E-state index in [2.05, 4.69) is 76.5 Å². The molecular formula is C49H62Cl2N2O2. The fourth-order valence-corrected chi connectivity index (χ4v) is 10.4. The molecule has 2 unspecified atom stereocenters. The molecule has 0 bridgehead atoms. The fraction of sp³-hybridized carbons (Fsp3) is 0.510. The van der Waals surface area contributed by atoms with Crippen molar-refractivity contribution in [2.75, 3.05) is 46.4 Å². The van der Waals surface area contributed by atoms with E-state index in [1.165, 1.54) is 107 Å². The first kappa shape index (κ1) is 40.5. The molecule has 2 saturated heterocycles. The zero-order valence-electron chi connectivity index (χ0n) is 32.9. The van der Waals surface area contributed by atoms with E-state index < -0.39 is 0 Å². The molecular weight excluding hydrogens is 719 g/mol. The Balaban J connectivity index is 0.000000169. The van der Waals surface area contributed by atoms with Crippen LogP contribution >= 0.6 is 23.2 Å². The first-order valence-corrected chi connectivity index (χ1v) is 21.9. The van der Waals surface area contributed by atoms with Crippen LogP contribution in [0.25, 0.3) is 0 Å². The Morgan fingerprint density at radius 1 is 0.600 bits per heavy atom. The average molecular weight is 782 g/mol. The van der Waals surface area contributed by atoms with Crippen LogP contribution in [0.15, 0.2) is 109 Å². The highest BCUT2D eigenvalue weighted by atomic mass is 35.5. The topological polar surface area (TPSA) is 35.9 Å². The number of piperidine rings is 2. The van der Waals surface area contributed by atoms with Gasteiger partial charge < -0.3 is 19.6 Å². The molecule has 2 aliphatic carbocycles. The van der Waals surface area contributed by atoms with Gasteiger partial charge in [0.15, 0.2) is 0 Å². The molecule has 8 rings (SSSR count). The van der Waals surface area contributed by atoms with Gasteiger partial charge in [0, 0.05) is 54.2 Å². The van der Waals surface area contributed by atoms with Crippen molar-refractivity contribution in [3.05, 3.63) is 141 Å². The van der Waals surface area contributed by atoms with E-state index in [0.717, 1.165) is 41.5 Å². The standard InChI is InChI=1S/C25H32ClNO.C24H30ClNO/c1-28-24(21-8-3-2-4-9-21)17-20-7-5-16-27(18-20)19-25(14-6-15-25)22-10-12-23(26)13-11-22;25-22-11-9-21(10-12-22)24(13-5-14-24)18-26-15-4-6-19(17-26)16-23(27)20-7-2-1-3-8-20/h2-4,8-13,20,24H,5-7,14-19H2,1H3;1-3,7-12,19,23,27H,4-6,13-18H2/t20-,24?;19-,23?/m11/s1. The van der Waals surface area contributed by atoms with Crippen LogP contribution in [0.3, 0.4) is 0 Å². The van der Waals surface area contributed by atoms with Gasteiger partial charge in [0.05, 0.1) is 12.2 Å². The van der Waals surface area contributed by atoms with Crippen LogP contribution in [0.2, 0.25) is 10.0 Å². The van der Waals surface area contributed by atoms with Gasteiger partial charge in [-0.2, -0.15) is 0 Å². The molecule has 2 saturated carbocycles. The van der Waals surface area contributed by atoms with E-state index >= 15 is 0 Å². The second-order valence-electron chi connectivity index (χ2n) is 17.3. The van der Waals surface area contributed by atoms with E-state index in [-0.39, 0.29) is 12.2 Å². The summed E-state index contributed by atoms with van der Waals surface area (Å²) >= 11 is 12.2. The molecule has 2 aliphatic heterocycles. The number of hydrogen-bond donors (Lipinski definition) is 1. The quantitative estimate of drug-likeness (QED) is 0.147. The number of ether oxygens (including phenoxy) is 1. The highest BCUT2D eigenvalue weighted by Gasteiger charge is 2.42. The number of aliphatic hydroxyl groups is 1. The number of halogens is 2. The van der Waals surface area contributed by atoms with Crippen molar-refractivity contribution in [2.45, 2.75) is 100 Å². The largest absolute Gasteiger partial charge is 0.388 e. The molecule has 4 aromatic rings. The number of likely N-dealkylation sites (tertiary alicyclic amines) is 2. The van der Waals surface area contributed by atoms with Crippen LogP contribution in [-0.4, -0.2) is 61.3 Å². The summed E-state index contributed by atoms with van der Waals surface area (Å²) in [6, 6.07) is 37.9. The molecule has 1 N–H and O–H groups in total. The average Bonchev–Trinajstić information content (AvgIpc) is 3.19. The summed E-state index contributed by atoms with van der Waals surface area (Å²) in [5.74, 6) is 1.29. The van der Waals surface area contributed by atoms with Crippen LogP contribution in [0, 0.1) is 11.8 Å². The SMILES string of the molecule is COC(C[C@H]1CCCN(CC2(c3ccc(Cl)cc3)CCC2)C1)c1ccccc1.OC(C[C@H]1CCCN(CC2(c3ccc(Cl)cc3)CCC2)C1)c1ccccc1. The zero-order chi connectivity index (χ0) is 38.1. The van der Waals surface area contributed by atoms with Gasteiger partial charge in [-0.3, -0.25) is 0 Å². The Morgan fingerprint density at radius 2 is 1.04 bits per heavy atom. The van der Waals surface area contributed by atoms with Gasteiger partial charge >= 0.3 is 0 Å². The minimum Gasteiger partial charge on any atom is -0.388 e. The first-order chi connectivity index (χ1) is 26.8. The lowest BCUT2D eigenvalue weighted by Gasteiger charge is -2.47. The lowest BCUT2D eigenvalue weighted by atomic mass is 9.64. The lowest BCUT2D eigenvalue weighted by molar-refractivity contribution is 0.0479. The number of aliphatic hydroxyl groups excluding tert-OH is 1. The Morgan fingerprint density at radius 3 is 1.45 bits per heavy atom. The molecule has 6 heteroatoms. The molecule has 4 atom stereocenters. The van der Waals surface area contributed by atoms with Gasteiger partial charge in [-0.25, -0.2) is 0 Å². The zero-order valence-corrected chi connectivity index (χ0v) is 34.4. The predicted octanol–water partition coefficient (Wildman–Crippen LogP) is 11.8. The molecule has 4 aromatic carbocycles. The van der Waals surface area contributed by atoms with E-state index in [1.807, 2.05) is 49.6 Å². The maximum atomic E-state index is 10.6. The second-order valence-corrected chi connectivity index (χ2v) is 18.2. The second kappa shape index (κ2) is 19.2. The lowest BCUT2D eigenvalue weighted by Crippen LogP contribution is -2.48. The van der Waals surface area contributed by atoms with E-state index in [1.54, 1.807) is 0 Å². The maximum absolute atomic E-state index is 10.6. The third-order valence-corrected chi connectivity index (χ3v) is 14.0. The van der Waals surface area contributed by atoms with E-state index in [4.69, 9.17) is 27.9 Å². The molecule has 4 aliphatic rings. The van der Waals surface area contributed by atoms with Gasteiger partial charge in [0.2, 0.25) is 0 Å². The van der Waals surface area contributed by atoms with Crippen molar-refractivity contribution in [3.8, 4) is 0 Å². The van der Waals surface area contributed by atoms with Crippen LogP contribution in [0.5, 0.6) is 0 Å². The molecule has 0 aromatic heterocycles. The number of methoxy groups -OCH3 is 1. The Labute approximate surface area is 341 Å². The summed E-state index contributed by atoms with van der Waals surface area (Å²) in [6.45, 7) is 7.06. The molecule has 0 radical (unpaired) electrons. The van der Waals surface area contributed by atoms with Gasteiger partial charge in [0.1, 0.15) is 0 Å². The number of hydrogen-bond acceptors (Lipinski definition) is 4. The molecule has 4 fully saturated rings. The molecule has 55 heavy (non-hydrogen) atoms. The van der Waals surface area contributed by atoms with Crippen molar-refractivity contribution in [1.82, 2.24) is 9.80 Å². The first-order valence-electron chi connectivity index (χ1n) is 21.1. The predicted molar refractivity (Wildman–Crippen MR) is 229 cm³/mol. The van der Waals surface area contributed by atoms with E-state index in [0.29, 0.717) is 22.7 Å². The van der Waals surface area contributed by atoms with Crippen LogP contribution < -0.4 is 0 Å². The van der Waals surface area contributed by atoms with Gasteiger partial charge in [-0.1, -0.05) is 121 Å². The number of benzene rings is 4.